The third-order valence-electron chi connectivity index (χ3n) is 4.82. The van der Waals surface area contributed by atoms with Crippen LogP contribution in [0.4, 0.5) is 5.95 Å². The Hall–Kier alpha value is -2.47. The molecule has 0 bridgehead atoms. The summed E-state index contributed by atoms with van der Waals surface area (Å²) >= 11 is 0. The SMILES string of the molecule is Cc1cc(C)nc(N2CC[C@H](O)[C@](Cc3ccccc3)(C(=O)O)C2)n1. The second-order valence-electron chi connectivity index (χ2n) is 6.80. The molecule has 6 heteroatoms. The summed E-state index contributed by atoms with van der Waals surface area (Å²) in [5.41, 5.74) is 1.31. The van der Waals surface area contributed by atoms with Crippen molar-refractivity contribution in [1.29, 1.82) is 0 Å². The van der Waals surface area contributed by atoms with E-state index in [2.05, 4.69) is 9.97 Å². The van der Waals surface area contributed by atoms with Crippen molar-refractivity contribution >= 4 is 11.9 Å². The lowest BCUT2D eigenvalue weighted by atomic mass is 9.73. The van der Waals surface area contributed by atoms with Crippen molar-refractivity contribution in [3.8, 4) is 0 Å². The first-order chi connectivity index (χ1) is 11.9. The van der Waals surface area contributed by atoms with E-state index in [9.17, 15) is 15.0 Å². The average molecular weight is 341 g/mol. The number of anilines is 1. The summed E-state index contributed by atoms with van der Waals surface area (Å²) in [5.74, 6) is -0.457. The number of carboxylic acids is 1. The van der Waals surface area contributed by atoms with Crippen molar-refractivity contribution in [3.63, 3.8) is 0 Å². The summed E-state index contributed by atoms with van der Waals surface area (Å²) in [4.78, 5) is 23.0. The molecule has 0 unspecified atom stereocenters. The van der Waals surface area contributed by atoms with Crippen molar-refractivity contribution < 1.29 is 15.0 Å². The number of hydrogen-bond donors (Lipinski definition) is 2. The number of benzene rings is 1. The third-order valence-corrected chi connectivity index (χ3v) is 4.82. The summed E-state index contributed by atoms with van der Waals surface area (Å²) in [6.45, 7) is 4.51. The molecular formula is C19H23N3O3. The number of hydrogen-bond acceptors (Lipinski definition) is 5. The van der Waals surface area contributed by atoms with Gasteiger partial charge in [-0.05, 0) is 38.3 Å². The van der Waals surface area contributed by atoms with Crippen molar-refractivity contribution in [2.24, 2.45) is 5.41 Å². The van der Waals surface area contributed by atoms with Crippen molar-refractivity contribution in [3.05, 3.63) is 53.3 Å². The highest BCUT2D eigenvalue weighted by atomic mass is 16.4. The van der Waals surface area contributed by atoms with Crippen molar-refractivity contribution in [1.82, 2.24) is 9.97 Å². The number of rotatable bonds is 4. The lowest BCUT2D eigenvalue weighted by Crippen LogP contribution is -2.57. The fraction of sp³-hybridized carbons (Fsp3) is 0.421. The van der Waals surface area contributed by atoms with Crippen LogP contribution in [0.3, 0.4) is 0 Å². The van der Waals surface area contributed by atoms with Gasteiger partial charge in [0.1, 0.15) is 5.41 Å². The molecule has 0 spiro atoms. The van der Waals surface area contributed by atoms with Crippen LogP contribution in [-0.4, -0.2) is 45.3 Å². The Morgan fingerprint density at radius 3 is 2.48 bits per heavy atom. The number of aliphatic carboxylic acids is 1. The Balaban J connectivity index is 1.94. The zero-order valence-corrected chi connectivity index (χ0v) is 14.5. The molecule has 3 rings (SSSR count). The van der Waals surface area contributed by atoms with Gasteiger partial charge in [0.05, 0.1) is 6.10 Å². The maximum Gasteiger partial charge on any atom is 0.314 e. The predicted molar refractivity (Wildman–Crippen MR) is 94.6 cm³/mol. The van der Waals surface area contributed by atoms with Gasteiger partial charge >= 0.3 is 5.97 Å². The van der Waals surface area contributed by atoms with Crippen molar-refractivity contribution in [2.45, 2.75) is 32.8 Å². The van der Waals surface area contributed by atoms with Gasteiger partial charge in [-0.2, -0.15) is 0 Å². The van der Waals surface area contributed by atoms with E-state index >= 15 is 0 Å². The first kappa shape index (κ1) is 17.4. The topological polar surface area (TPSA) is 86.5 Å². The van der Waals surface area contributed by atoms with Crippen molar-refractivity contribution in [2.75, 3.05) is 18.0 Å². The van der Waals surface area contributed by atoms with E-state index in [4.69, 9.17) is 0 Å². The molecule has 2 aromatic rings. The highest BCUT2D eigenvalue weighted by Crippen LogP contribution is 2.36. The van der Waals surface area contributed by atoms with E-state index in [1.54, 1.807) is 0 Å². The van der Waals surface area contributed by atoms with E-state index in [0.29, 0.717) is 18.9 Å². The molecule has 2 atom stereocenters. The van der Waals surface area contributed by atoms with Crippen LogP contribution < -0.4 is 4.90 Å². The number of aliphatic hydroxyl groups excluding tert-OH is 1. The molecule has 1 aliphatic heterocycles. The monoisotopic (exact) mass is 341 g/mol. The van der Waals surface area contributed by atoms with Gasteiger partial charge in [-0.1, -0.05) is 30.3 Å². The minimum Gasteiger partial charge on any atom is -0.481 e. The van der Waals surface area contributed by atoms with Gasteiger partial charge < -0.3 is 15.1 Å². The molecule has 1 aromatic carbocycles. The lowest BCUT2D eigenvalue weighted by molar-refractivity contribution is -0.157. The number of aliphatic hydroxyl groups is 1. The third kappa shape index (κ3) is 3.49. The lowest BCUT2D eigenvalue weighted by Gasteiger charge is -2.43. The van der Waals surface area contributed by atoms with Crippen LogP contribution in [0.2, 0.25) is 0 Å². The molecule has 1 aromatic heterocycles. The molecular weight excluding hydrogens is 318 g/mol. The van der Waals surface area contributed by atoms with Crippen LogP contribution in [-0.2, 0) is 11.2 Å². The van der Waals surface area contributed by atoms with E-state index in [1.807, 2.05) is 55.1 Å². The van der Waals surface area contributed by atoms with Gasteiger partial charge in [-0.15, -0.1) is 0 Å². The highest BCUT2D eigenvalue weighted by Gasteiger charge is 2.49. The predicted octanol–water partition coefficient (Wildman–Crippen LogP) is 1.98. The maximum absolute atomic E-state index is 12.2. The van der Waals surface area contributed by atoms with E-state index in [0.717, 1.165) is 17.0 Å². The largest absolute Gasteiger partial charge is 0.481 e. The first-order valence-corrected chi connectivity index (χ1v) is 8.43. The Bertz CT molecular complexity index is 746. The summed E-state index contributed by atoms with van der Waals surface area (Å²) in [6, 6.07) is 11.3. The summed E-state index contributed by atoms with van der Waals surface area (Å²) in [6.07, 6.45) is -0.270. The Kier molecular flexibility index (Phi) is 4.72. The zero-order valence-electron chi connectivity index (χ0n) is 14.5. The Morgan fingerprint density at radius 1 is 1.24 bits per heavy atom. The highest BCUT2D eigenvalue weighted by molar-refractivity contribution is 5.77. The molecule has 0 radical (unpaired) electrons. The second kappa shape index (κ2) is 6.80. The molecule has 1 fully saturated rings. The molecule has 132 valence electrons. The Morgan fingerprint density at radius 2 is 1.88 bits per heavy atom. The van der Waals surface area contributed by atoms with Crippen LogP contribution in [0.5, 0.6) is 0 Å². The summed E-state index contributed by atoms with van der Waals surface area (Å²) in [5, 5.41) is 20.5. The number of piperidine rings is 1. The number of aryl methyl sites for hydroxylation is 2. The van der Waals surface area contributed by atoms with E-state index < -0.39 is 17.5 Å². The molecule has 0 aliphatic carbocycles. The van der Waals surface area contributed by atoms with Crippen LogP contribution in [0, 0.1) is 19.3 Å². The van der Waals surface area contributed by atoms with Crippen LogP contribution in [0.15, 0.2) is 36.4 Å². The first-order valence-electron chi connectivity index (χ1n) is 8.43. The standard InChI is InChI=1S/C19H23N3O3/c1-13-10-14(2)21-18(20-13)22-9-8-16(23)19(12-22,17(24)25)11-15-6-4-3-5-7-15/h3-7,10,16,23H,8-9,11-12H2,1-2H3,(H,24,25)/t16-,19+/m0/s1. The van der Waals surface area contributed by atoms with Gasteiger partial charge in [-0.25, -0.2) is 9.97 Å². The molecule has 2 heterocycles. The maximum atomic E-state index is 12.2. The molecule has 6 nitrogen and oxygen atoms in total. The number of nitrogens with zero attached hydrogens (tertiary/aromatic N) is 3. The zero-order chi connectivity index (χ0) is 18.0. The van der Waals surface area contributed by atoms with Gasteiger partial charge in [0, 0.05) is 24.5 Å². The van der Waals surface area contributed by atoms with Gasteiger partial charge in [-0.3, -0.25) is 4.79 Å². The number of aromatic nitrogens is 2. The van der Waals surface area contributed by atoms with Crippen LogP contribution >= 0.6 is 0 Å². The fourth-order valence-electron chi connectivity index (χ4n) is 3.52. The normalized spacial score (nSPS) is 23.5. The summed E-state index contributed by atoms with van der Waals surface area (Å²) < 4.78 is 0. The van der Waals surface area contributed by atoms with E-state index in [1.165, 1.54) is 0 Å². The minimum atomic E-state index is -1.28. The van der Waals surface area contributed by atoms with Gasteiger partial charge in [0.2, 0.25) is 5.95 Å². The van der Waals surface area contributed by atoms with E-state index in [-0.39, 0.29) is 13.0 Å². The Labute approximate surface area is 147 Å². The van der Waals surface area contributed by atoms with Crippen LogP contribution in [0.1, 0.15) is 23.4 Å². The van der Waals surface area contributed by atoms with Gasteiger partial charge in [0.15, 0.2) is 0 Å². The number of carbonyl (C=O) groups is 1. The average Bonchev–Trinajstić information content (AvgIpc) is 2.56. The molecule has 0 saturated carbocycles. The smallest absolute Gasteiger partial charge is 0.314 e. The molecule has 25 heavy (non-hydrogen) atoms. The summed E-state index contributed by atoms with van der Waals surface area (Å²) in [7, 11) is 0. The van der Waals surface area contributed by atoms with Gasteiger partial charge in [0.25, 0.3) is 0 Å². The fourth-order valence-corrected chi connectivity index (χ4v) is 3.52. The minimum absolute atomic E-state index is 0.182. The molecule has 2 N–H and O–H groups in total. The molecule has 1 saturated heterocycles. The number of carboxylic acid groups (broad SMARTS) is 1. The second-order valence-corrected chi connectivity index (χ2v) is 6.80. The quantitative estimate of drug-likeness (QED) is 0.884. The van der Waals surface area contributed by atoms with Crippen LogP contribution in [0.25, 0.3) is 0 Å². The molecule has 0 amide bonds. The molecule has 1 aliphatic rings.